The van der Waals surface area contributed by atoms with Crippen molar-refractivity contribution in [3.63, 3.8) is 0 Å². The molecule has 0 bridgehead atoms. The van der Waals surface area contributed by atoms with E-state index in [0.29, 0.717) is 5.71 Å². The van der Waals surface area contributed by atoms with Gasteiger partial charge in [-0.3, -0.25) is 4.98 Å². The summed E-state index contributed by atoms with van der Waals surface area (Å²) in [7, 11) is 0. The van der Waals surface area contributed by atoms with Crippen LogP contribution in [0.25, 0.3) is 0 Å². The van der Waals surface area contributed by atoms with Crippen molar-refractivity contribution in [2.75, 3.05) is 0 Å². The molecule has 1 heterocycles. The number of pyridine rings is 1. The van der Waals surface area contributed by atoms with Gasteiger partial charge in [-0.2, -0.15) is 0 Å². The topological polar surface area (TPSA) is 45.5 Å². The number of aromatic nitrogens is 1. The van der Waals surface area contributed by atoms with Gasteiger partial charge in [-0.15, -0.1) is 0 Å². The van der Waals surface area contributed by atoms with Crippen LogP contribution in [-0.4, -0.2) is 15.9 Å². The molecule has 0 aliphatic rings. The first kappa shape index (κ1) is 10.9. The summed E-state index contributed by atoms with van der Waals surface area (Å²) >= 11 is 0. The number of oxime groups is 1. The van der Waals surface area contributed by atoms with Crippen molar-refractivity contribution < 1.29 is 5.21 Å². The highest BCUT2D eigenvalue weighted by molar-refractivity contribution is 6.12. The molecule has 3 nitrogen and oxygen atoms in total. The summed E-state index contributed by atoms with van der Waals surface area (Å²) in [6, 6.07) is 13.0. The largest absolute Gasteiger partial charge is 0.410 e. The lowest BCUT2D eigenvalue weighted by atomic mass is 10.1. The second kappa shape index (κ2) is 5.47. The minimum Gasteiger partial charge on any atom is -0.410 e. The minimum absolute atomic E-state index is 0.342. The van der Waals surface area contributed by atoms with Crippen molar-refractivity contribution in [1.29, 1.82) is 0 Å². The van der Waals surface area contributed by atoms with Crippen LogP contribution in [0.5, 0.6) is 0 Å². The van der Waals surface area contributed by atoms with E-state index in [1.807, 2.05) is 42.5 Å². The van der Waals surface area contributed by atoms with E-state index in [4.69, 9.17) is 5.21 Å². The molecule has 0 spiro atoms. The molecule has 1 aromatic heterocycles. The van der Waals surface area contributed by atoms with Crippen LogP contribution in [-0.2, 0) is 0 Å². The number of hydrogen-bond acceptors (Lipinski definition) is 3. The lowest BCUT2D eigenvalue weighted by Crippen LogP contribution is -1.96. The summed E-state index contributed by atoms with van der Waals surface area (Å²) in [4.78, 5) is 3.96. The molecular weight excluding hydrogens is 212 g/mol. The first-order chi connectivity index (χ1) is 8.40. The first-order valence-electron chi connectivity index (χ1n) is 5.09. The van der Waals surface area contributed by atoms with Crippen molar-refractivity contribution in [2.24, 2.45) is 5.16 Å². The van der Waals surface area contributed by atoms with Gasteiger partial charge in [-0.05, 0) is 18.1 Å². The Morgan fingerprint density at radius 3 is 2.59 bits per heavy atom. The standard InChI is InChI=1S/C14H10N2O/c17-16-14(13-6-2-1-3-7-13)9-8-12-5-4-10-15-11-12/h1-7,10-11,17H/b16-14-. The van der Waals surface area contributed by atoms with E-state index in [1.165, 1.54) is 0 Å². The number of hydrogen-bond donors (Lipinski definition) is 1. The van der Waals surface area contributed by atoms with Crippen molar-refractivity contribution in [3.8, 4) is 11.8 Å². The lowest BCUT2D eigenvalue weighted by Gasteiger charge is -1.95. The van der Waals surface area contributed by atoms with Gasteiger partial charge in [0.15, 0.2) is 5.71 Å². The van der Waals surface area contributed by atoms with Gasteiger partial charge < -0.3 is 5.21 Å². The SMILES string of the molecule is O/N=C(/C#Cc1cccnc1)c1ccccc1. The zero-order valence-corrected chi connectivity index (χ0v) is 9.04. The third-order valence-electron chi connectivity index (χ3n) is 2.13. The van der Waals surface area contributed by atoms with E-state index in [0.717, 1.165) is 11.1 Å². The second-order valence-electron chi connectivity index (χ2n) is 3.31. The Morgan fingerprint density at radius 1 is 1.12 bits per heavy atom. The Morgan fingerprint density at radius 2 is 1.94 bits per heavy atom. The minimum atomic E-state index is 0.342. The van der Waals surface area contributed by atoms with Crippen LogP contribution in [0, 0.1) is 11.8 Å². The van der Waals surface area contributed by atoms with Gasteiger partial charge in [-0.25, -0.2) is 0 Å². The molecule has 0 aliphatic carbocycles. The highest BCUT2D eigenvalue weighted by Crippen LogP contribution is 2.00. The quantitative estimate of drug-likeness (QED) is 0.348. The fourth-order valence-electron chi connectivity index (χ4n) is 1.32. The fraction of sp³-hybridized carbons (Fsp3) is 0. The molecule has 1 aromatic carbocycles. The molecule has 0 amide bonds. The van der Waals surface area contributed by atoms with Crippen molar-refractivity contribution in [3.05, 3.63) is 66.0 Å². The second-order valence-corrected chi connectivity index (χ2v) is 3.31. The predicted octanol–water partition coefficient (Wildman–Crippen LogP) is 2.31. The molecule has 1 N–H and O–H groups in total. The molecule has 0 unspecified atom stereocenters. The Bertz CT molecular complexity index is 565. The zero-order chi connectivity index (χ0) is 11.9. The molecule has 0 radical (unpaired) electrons. The van der Waals surface area contributed by atoms with E-state index >= 15 is 0 Å². The van der Waals surface area contributed by atoms with E-state index in [-0.39, 0.29) is 0 Å². The average molecular weight is 222 g/mol. The van der Waals surface area contributed by atoms with Crippen molar-refractivity contribution in [1.82, 2.24) is 4.98 Å². The molecule has 0 fully saturated rings. The van der Waals surface area contributed by atoms with E-state index < -0.39 is 0 Å². The summed E-state index contributed by atoms with van der Waals surface area (Å²) in [5.74, 6) is 5.70. The number of rotatable bonds is 1. The Labute approximate surface area is 99.4 Å². The molecule has 3 heteroatoms. The molecule has 2 aromatic rings. The number of benzene rings is 1. The maximum Gasteiger partial charge on any atom is 0.159 e. The zero-order valence-electron chi connectivity index (χ0n) is 9.04. The van der Waals surface area contributed by atoms with Gasteiger partial charge in [0, 0.05) is 23.5 Å². The summed E-state index contributed by atoms with van der Waals surface area (Å²) in [5.41, 5.74) is 1.91. The van der Waals surface area contributed by atoms with Gasteiger partial charge in [-0.1, -0.05) is 41.4 Å². The van der Waals surface area contributed by atoms with E-state index in [1.54, 1.807) is 12.4 Å². The third kappa shape index (κ3) is 2.93. The molecule has 2 rings (SSSR count). The van der Waals surface area contributed by atoms with Crippen LogP contribution in [0.1, 0.15) is 11.1 Å². The smallest absolute Gasteiger partial charge is 0.159 e. The third-order valence-corrected chi connectivity index (χ3v) is 2.13. The van der Waals surface area contributed by atoms with Gasteiger partial charge in [0.25, 0.3) is 0 Å². The lowest BCUT2D eigenvalue weighted by molar-refractivity contribution is 0.320. The summed E-state index contributed by atoms with van der Waals surface area (Å²) in [6.07, 6.45) is 3.34. The fourth-order valence-corrected chi connectivity index (χ4v) is 1.32. The molecule has 82 valence electrons. The molecule has 0 saturated heterocycles. The van der Waals surface area contributed by atoms with Crippen LogP contribution in [0.4, 0.5) is 0 Å². The summed E-state index contributed by atoms with van der Waals surface area (Å²) in [5, 5.41) is 12.1. The Kier molecular flexibility index (Phi) is 3.51. The highest BCUT2D eigenvalue weighted by Gasteiger charge is 1.98. The molecule has 0 saturated carbocycles. The number of nitrogens with zero attached hydrogens (tertiary/aromatic N) is 2. The molecule has 17 heavy (non-hydrogen) atoms. The maximum atomic E-state index is 8.93. The van der Waals surface area contributed by atoms with Crippen LogP contribution >= 0.6 is 0 Å². The predicted molar refractivity (Wildman–Crippen MR) is 65.9 cm³/mol. The van der Waals surface area contributed by atoms with Crippen LogP contribution < -0.4 is 0 Å². The maximum absolute atomic E-state index is 8.93. The Hall–Kier alpha value is -2.60. The first-order valence-corrected chi connectivity index (χ1v) is 5.09. The molecule has 0 atom stereocenters. The molecular formula is C14H10N2O. The monoisotopic (exact) mass is 222 g/mol. The van der Waals surface area contributed by atoms with E-state index in [2.05, 4.69) is 22.0 Å². The highest BCUT2D eigenvalue weighted by atomic mass is 16.4. The summed E-state index contributed by atoms with van der Waals surface area (Å²) < 4.78 is 0. The molecule has 0 aliphatic heterocycles. The normalized spacial score (nSPS) is 10.5. The average Bonchev–Trinajstić information content (AvgIpc) is 2.42. The van der Waals surface area contributed by atoms with Crippen molar-refractivity contribution >= 4 is 5.71 Å². The van der Waals surface area contributed by atoms with Gasteiger partial charge >= 0.3 is 0 Å². The summed E-state index contributed by atoms with van der Waals surface area (Å²) in [6.45, 7) is 0. The van der Waals surface area contributed by atoms with Gasteiger partial charge in [0.05, 0.1) is 0 Å². The van der Waals surface area contributed by atoms with Crippen molar-refractivity contribution in [2.45, 2.75) is 0 Å². The Balaban J connectivity index is 2.27. The van der Waals surface area contributed by atoms with Gasteiger partial charge in [0.1, 0.15) is 0 Å². The van der Waals surface area contributed by atoms with Crippen LogP contribution in [0.2, 0.25) is 0 Å². The van der Waals surface area contributed by atoms with E-state index in [9.17, 15) is 0 Å². The van der Waals surface area contributed by atoms with Gasteiger partial charge in [0.2, 0.25) is 0 Å². The van der Waals surface area contributed by atoms with Crippen LogP contribution in [0.3, 0.4) is 0 Å². The van der Waals surface area contributed by atoms with Crippen LogP contribution in [0.15, 0.2) is 60.0 Å².